The van der Waals surface area contributed by atoms with Crippen molar-refractivity contribution < 1.29 is 4.79 Å². The number of thiophene rings is 1. The molecule has 0 atom stereocenters. The van der Waals surface area contributed by atoms with Crippen molar-refractivity contribution in [2.45, 2.75) is 6.92 Å². The Bertz CT molecular complexity index is 1480. The molecule has 4 nitrogen and oxygen atoms in total. The lowest BCUT2D eigenvalue weighted by Gasteiger charge is -2.09. The minimum Gasteiger partial charge on any atom is -0.397 e. The zero-order valence-electron chi connectivity index (χ0n) is 17.8. The molecule has 0 aliphatic carbocycles. The minimum atomic E-state index is -0.222. The molecule has 3 N–H and O–H groups in total. The van der Waals surface area contributed by atoms with E-state index >= 15 is 0 Å². The van der Waals surface area contributed by atoms with Crippen molar-refractivity contribution >= 4 is 61.4 Å². The van der Waals surface area contributed by atoms with Crippen molar-refractivity contribution in [1.29, 1.82) is 0 Å². The van der Waals surface area contributed by atoms with Crippen molar-refractivity contribution in [3.63, 3.8) is 0 Å². The first-order chi connectivity index (χ1) is 16.0. The molecule has 6 heteroatoms. The van der Waals surface area contributed by atoms with Crippen LogP contribution in [0.5, 0.6) is 0 Å². The van der Waals surface area contributed by atoms with Crippen LogP contribution in [0.2, 0.25) is 0 Å². The number of pyridine rings is 1. The molecular formula is C27H20IN3OS. The van der Waals surface area contributed by atoms with Gasteiger partial charge in [-0.3, -0.25) is 4.79 Å². The zero-order valence-corrected chi connectivity index (χ0v) is 20.8. The van der Waals surface area contributed by atoms with Crippen LogP contribution in [0.25, 0.3) is 32.6 Å². The third-order valence-electron chi connectivity index (χ3n) is 5.50. The fourth-order valence-corrected chi connectivity index (χ4v) is 5.50. The maximum Gasteiger partial charge on any atom is 0.267 e. The number of nitrogens with one attached hydrogen (secondary N) is 1. The van der Waals surface area contributed by atoms with Gasteiger partial charge in [0.05, 0.1) is 11.4 Å². The van der Waals surface area contributed by atoms with E-state index in [1.54, 1.807) is 0 Å². The highest BCUT2D eigenvalue weighted by Crippen LogP contribution is 2.41. The molecule has 1 amide bonds. The number of nitrogen functional groups attached to an aromatic ring is 1. The number of hydrogen-bond donors (Lipinski definition) is 2. The quantitative estimate of drug-likeness (QED) is 0.225. The van der Waals surface area contributed by atoms with Gasteiger partial charge in [-0.2, -0.15) is 0 Å². The van der Waals surface area contributed by atoms with E-state index in [9.17, 15) is 4.79 Å². The van der Waals surface area contributed by atoms with Crippen LogP contribution >= 0.6 is 33.9 Å². The molecule has 5 aromatic rings. The van der Waals surface area contributed by atoms with Crippen LogP contribution in [-0.2, 0) is 0 Å². The first-order valence-corrected chi connectivity index (χ1v) is 12.3. The molecule has 0 bridgehead atoms. The zero-order chi connectivity index (χ0) is 22.9. The molecule has 0 fully saturated rings. The number of halogens is 1. The average molecular weight is 561 g/mol. The third kappa shape index (κ3) is 4.24. The summed E-state index contributed by atoms with van der Waals surface area (Å²) in [6, 6.07) is 28.1. The lowest BCUT2D eigenvalue weighted by atomic mass is 9.99. The highest BCUT2D eigenvalue weighted by Gasteiger charge is 2.22. The lowest BCUT2D eigenvalue weighted by Crippen LogP contribution is -2.12. The summed E-state index contributed by atoms with van der Waals surface area (Å²) in [5.74, 6) is -0.222. The van der Waals surface area contributed by atoms with Crippen LogP contribution in [-0.4, -0.2) is 10.9 Å². The Morgan fingerprint density at radius 3 is 2.27 bits per heavy atom. The van der Waals surface area contributed by atoms with Crippen molar-refractivity contribution in [3.05, 3.63) is 98.9 Å². The van der Waals surface area contributed by atoms with E-state index in [2.05, 4.69) is 46.1 Å². The second-order valence-corrected chi connectivity index (χ2v) is 9.97. The molecule has 0 saturated heterocycles. The standard InChI is InChI=1S/C27H20IN3OS/c1-16-14-19(28)12-13-21(16)30-26(32)25-24(29)23-20(17-8-4-2-5-9-17)15-22(31-27(23)33-25)18-10-6-3-7-11-18/h2-15H,29H2,1H3,(H,30,32). The number of nitrogens with two attached hydrogens (primary N) is 1. The van der Waals surface area contributed by atoms with E-state index in [4.69, 9.17) is 10.7 Å². The number of rotatable bonds is 4. The van der Waals surface area contributed by atoms with Gasteiger partial charge in [-0.15, -0.1) is 11.3 Å². The molecule has 5 rings (SSSR count). The van der Waals surface area contributed by atoms with Crippen LogP contribution in [0.15, 0.2) is 84.9 Å². The second-order valence-electron chi connectivity index (χ2n) is 7.73. The predicted octanol–water partition coefficient (Wildman–Crippen LogP) is 7.38. The topological polar surface area (TPSA) is 68.0 Å². The van der Waals surface area contributed by atoms with Crippen molar-refractivity contribution in [2.75, 3.05) is 11.1 Å². The maximum absolute atomic E-state index is 13.2. The molecular weight excluding hydrogens is 541 g/mol. The van der Waals surface area contributed by atoms with E-state index < -0.39 is 0 Å². The number of hydrogen-bond acceptors (Lipinski definition) is 4. The second kappa shape index (κ2) is 8.96. The summed E-state index contributed by atoms with van der Waals surface area (Å²) in [6.45, 7) is 1.98. The van der Waals surface area contributed by atoms with Crippen LogP contribution in [0.3, 0.4) is 0 Å². The van der Waals surface area contributed by atoms with Gasteiger partial charge in [0, 0.05) is 20.2 Å². The first kappa shape index (κ1) is 21.6. The molecule has 0 spiro atoms. The third-order valence-corrected chi connectivity index (χ3v) is 7.27. The average Bonchev–Trinajstić information content (AvgIpc) is 3.18. The molecule has 3 aromatic carbocycles. The molecule has 2 aromatic heterocycles. The van der Waals surface area contributed by atoms with Crippen LogP contribution in [0.4, 0.5) is 11.4 Å². The molecule has 0 aliphatic rings. The molecule has 0 unspecified atom stereocenters. The molecule has 162 valence electrons. The highest BCUT2D eigenvalue weighted by molar-refractivity contribution is 14.1. The normalized spacial score (nSPS) is 11.0. The highest BCUT2D eigenvalue weighted by atomic mass is 127. The molecule has 0 aliphatic heterocycles. The number of carbonyl (C=O) groups is 1. The lowest BCUT2D eigenvalue weighted by molar-refractivity contribution is 0.103. The number of carbonyl (C=O) groups excluding carboxylic acids is 1. The van der Waals surface area contributed by atoms with E-state index in [1.807, 2.05) is 73.7 Å². The number of fused-ring (bicyclic) bond motifs is 1. The molecule has 2 heterocycles. The smallest absolute Gasteiger partial charge is 0.267 e. The van der Waals surface area contributed by atoms with Gasteiger partial charge < -0.3 is 11.1 Å². The number of aromatic nitrogens is 1. The van der Waals surface area contributed by atoms with Crippen molar-refractivity contribution in [1.82, 2.24) is 4.98 Å². The SMILES string of the molecule is Cc1cc(I)ccc1NC(=O)c1sc2nc(-c3ccccc3)cc(-c3ccccc3)c2c1N. The molecule has 33 heavy (non-hydrogen) atoms. The van der Waals surface area contributed by atoms with E-state index in [-0.39, 0.29) is 5.91 Å². The van der Waals surface area contributed by atoms with Gasteiger partial charge in [-0.1, -0.05) is 60.7 Å². The number of amides is 1. The Kier molecular flexibility index (Phi) is 5.86. The maximum atomic E-state index is 13.2. The van der Waals surface area contributed by atoms with E-state index in [0.29, 0.717) is 10.6 Å². The van der Waals surface area contributed by atoms with Gasteiger partial charge in [0.15, 0.2) is 0 Å². The van der Waals surface area contributed by atoms with E-state index in [1.165, 1.54) is 11.3 Å². The number of anilines is 2. The molecule has 0 saturated carbocycles. The van der Waals surface area contributed by atoms with Crippen LogP contribution in [0, 0.1) is 10.5 Å². The summed E-state index contributed by atoms with van der Waals surface area (Å²) in [5, 5.41) is 3.84. The summed E-state index contributed by atoms with van der Waals surface area (Å²) in [7, 11) is 0. The van der Waals surface area contributed by atoms with Crippen molar-refractivity contribution in [2.24, 2.45) is 0 Å². The van der Waals surface area contributed by atoms with Gasteiger partial charge in [0.25, 0.3) is 5.91 Å². The summed E-state index contributed by atoms with van der Waals surface area (Å²) >= 11 is 3.59. The summed E-state index contributed by atoms with van der Waals surface area (Å²) in [4.78, 5) is 19.3. The Morgan fingerprint density at radius 2 is 1.61 bits per heavy atom. The van der Waals surface area contributed by atoms with Gasteiger partial charge >= 0.3 is 0 Å². The summed E-state index contributed by atoms with van der Waals surface area (Å²) in [5.41, 5.74) is 12.7. The predicted molar refractivity (Wildman–Crippen MR) is 147 cm³/mol. The summed E-state index contributed by atoms with van der Waals surface area (Å²) in [6.07, 6.45) is 0. The Balaban J connectivity index is 1.66. The largest absolute Gasteiger partial charge is 0.397 e. The number of aryl methyl sites for hydroxylation is 1. The Labute approximate surface area is 209 Å². The molecule has 0 radical (unpaired) electrons. The van der Waals surface area contributed by atoms with Crippen LogP contribution in [0.1, 0.15) is 15.2 Å². The number of nitrogens with zero attached hydrogens (tertiary/aromatic N) is 1. The summed E-state index contributed by atoms with van der Waals surface area (Å²) < 4.78 is 1.12. The van der Waals surface area contributed by atoms with E-state index in [0.717, 1.165) is 47.4 Å². The fourth-order valence-electron chi connectivity index (χ4n) is 3.84. The first-order valence-electron chi connectivity index (χ1n) is 10.4. The Hall–Kier alpha value is -3.23. The minimum absolute atomic E-state index is 0.222. The fraction of sp³-hybridized carbons (Fsp3) is 0.0370. The Morgan fingerprint density at radius 1 is 0.939 bits per heavy atom. The number of benzene rings is 3. The van der Waals surface area contributed by atoms with Crippen LogP contribution < -0.4 is 11.1 Å². The van der Waals surface area contributed by atoms with Gasteiger partial charge in [0.1, 0.15) is 9.71 Å². The van der Waals surface area contributed by atoms with Gasteiger partial charge in [-0.25, -0.2) is 4.98 Å². The monoisotopic (exact) mass is 561 g/mol. The van der Waals surface area contributed by atoms with Gasteiger partial charge in [-0.05, 0) is 70.5 Å². The van der Waals surface area contributed by atoms with Crippen molar-refractivity contribution in [3.8, 4) is 22.4 Å². The van der Waals surface area contributed by atoms with Gasteiger partial charge in [0.2, 0.25) is 0 Å².